The summed E-state index contributed by atoms with van der Waals surface area (Å²) >= 11 is 0. The maximum atomic E-state index is 13.8. The van der Waals surface area contributed by atoms with Gasteiger partial charge in [-0.2, -0.15) is 18.2 Å². The number of benzene rings is 2. The number of aromatic nitrogens is 2. The number of likely N-dealkylation sites (N-methyl/N-ethyl adjacent to an activating group) is 2. The zero-order valence-electron chi connectivity index (χ0n) is 22.9. The summed E-state index contributed by atoms with van der Waals surface area (Å²) in [6, 6.07) is 9.82. The van der Waals surface area contributed by atoms with Gasteiger partial charge in [0.1, 0.15) is 22.9 Å². The molecule has 0 saturated heterocycles. The molecular formula is C27H32F3N7O3. The minimum absolute atomic E-state index is 0.140. The minimum Gasteiger partial charge on any atom is -0.495 e. The second-order valence-corrected chi connectivity index (χ2v) is 8.89. The summed E-state index contributed by atoms with van der Waals surface area (Å²) in [5.74, 6) is -0.368. The molecule has 1 aromatic heterocycles. The number of alkyl halides is 3. The van der Waals surface area contributed by atoms with Crippen molar-refractivity contribution in [2.75, 3.05) is 69.3 Å². The van der Waals surface area contributed by atoms with E-state index in [4.69, 9.17) is 9.47 Å². The molecule has 3 N–H and O–H groups in total. The molecule has 2 aromatic carbocycles. The van der Waals surface area contributed by atoms with Gasteiger partial charge < -0.3 is 35.2 Å². The molecule has 0 radical (unpaired) electrons. The van der Waals surface area contributed by atoms with E-state index in [1.807, 2.05) is 30.9 Å². The molecule has 3 aromatic rings. The molecule has 10 nitrogen and oxygen atoms in total. The van der Waals surface area contributed by atoms with Gasteiger partial charge >= 0.3 is 6.18 Å². The molecule has 1 heterocycles. The highest BCUT2D eigenvalue weighted by atomic mass is 19.4. The summed E-state index contributed by atoms with van der Waals surface area (Å²) < 4.78 is 52.2. The number of ether oxygens (including phenoxy) is 2. The van der Waals surface area contributed by atoms with E-state index in [1.54, 1.807) is 36.4 Å². The lowest BCUT2D eigenvalue weighted by molar-refractivity contribution is -0.137. The number of hydrogen-bond acceptors (Lipinski definition) is 9. The molecule has 0 fully saturated rings. The van der Waals surface area contributed by atoms with E-state index in [9.17, 15) is 18.0 Å². The van der Waals surface area contributed by atoms with Crippen LogP contribution in [0.1, 0.15) is 5.56 Å². The van der Waals surface area contributed by atoms with E-state index in [0.29, 0.717) is 41.3 Å². The number of halogens is 3. The smallest absolute Gasteiger partial charge is 0.421 e. The monoisotopic (exact) mass is 559 g/mol. The molecule has 40 heavy (non-hydrogen) atoms. The van der Waals surface area contributed by atoms with Gasteiger partial charge in [0.05, 0.1) is 37.0 Å². The van der Waals surface area contributed by atoms with Crippen molar-refractivity contribution in [3.8, 4) is 11.5 Å². The first-order chi connectivity index (χ1) is 19.0. The van der Waals surface area contributed by atoms with Gasteiger partial charge in [0.25, 0.3) is 0 Å². The Morgan fingerprint density at radius 3 is 2.33 bits per heavy atom. The highest BCUT2D eigenvalue weighted by molar-refractivity contribution is 6.02. The zero-order valence-corrected chi connectivity index (χ0v) is 22.9. The molecule has 13 heteroatoms. The molecule has 0 spiro atoms. The Hall–Kier alpha value is -4.52. The van der Waals surface area contributed by atoms with Crippen LogP contribution in [0.15, 0.2) is 55.3 Å². The highest BCUT2D eigenvalue weighted by Crippen LogP contribution is 2.40. The molecule has 3 rings (SSSR count). The van der Waals surface area contributed by atoms with Crippen LogP contribution in [0.3, 0.4) is 0 Å². The Bertz CT molecular complexity index is 1350. The summed E-state index contributed by atoms with van der Waals surface area (Å²) in [6.45, 7) is 4.88. The van der Waals surface area contributed by atoms with Crippen LogP contribution in [-0.2, 0) is 11.0 Å². The zero-order chi connectivity index (χ0) is 29.4. The topological polar surface area (TPSA) is 104 Å². The molecule has 0 saturated carbocycles. The number of nitrogens with one attached hydrogen (secondary N) is 3. The van der Waals surface area contributed by atoms with Crippen LogP contribution in [0.25, 0.3) is 0 Å². The molecule has 0 aliphatic rings. The van der Waals surface area contributed by atoms with Crippen LogP contribution < -0.4 is 30.3 Å². The van der Waals surface area contributed by atoms with Gasteiger partial charge in [0, 0.05) is 32.4 Å². The molecular weight excluding hydrogens is 527 g/mol. The fourth-order valence-electron chi connectivity index (χ4n) is 3.65. The predicted molar refractivity (Wildman–Crippen MR) is 150 cm³/mol. The molecule has 1 amide bonds. The molecule has 0 aliphatic carbocycles. The Morgan fingerprint density at radius 2 is 1.70 bits per heavy atom. The largest absolute Gasteiger partial charge is 0.495 e. The van der Waals surface area contributed by atoms with E-state index in [-0.39, 0.29) is 11.6 Å². The van der Waals surface area contributed by atoms with E-state index in [1.165, 1.54) is 14.2 Å². The standard InChI is InChI=1S/C27H32F3N7O3/c1-7-24(38)32-19-14-20(23(40-6)15-21(19)37(4)13-12-36(2)3)34-26-31-16-17(27(28,29)30)25(35-26)33-18-10-8-9-11-22(18)39-5/h7-11,14-16H,1,12-13H2,2-6H3,(H,32,38)(H2,31,33,34,35). The third kappa shape index (κ3) is 7.53. The number of nitrogens with zero attached hydrogens (tertiary/aromatic N) is 4. The average Bonchev–Trinajstić information content (AvgIpc) is 2.91. The second-order valence-electron chi connectivity index (χ2n) is 8.89. The third-order valence-electron chi connectivity index (χ3n) is 5.76. The van der Waals surface area contributed by atoms with Crippen molar-refractivity contribution < 1.29 is 27.4 Å². The fraction of sp³-hybridized carbons (Fsp3) is 0.296. The number of rotatable bonds is 12. The van der Waals surface area contributed by atoms with Crippen LogP contribution >= 0.6 is 0 Å². The molecule has 0 atom stereocenters. The van der Waals surface area contributed by atoms with Crippen molar-refractivity contribution in [3.05, 3.63) is 60.8 Å². The first-order valence-corrected chi connectivity index (χ1v) is 12.1. The van der Waals surface area contributed by atoms with E-state index in [2.05, 4.69) is 32.5 Å². The van der Waals surface area contributed by atoms with Gasteiger partial charge in [-0.15, -0.1) is 0 Å². The summed E-state index contributed by atoms with van der Waals surface area (Å²) in [6.07, 6.45) is -2.90. The second kappa shape index (κ2) is 13.0. The first kappa shape index (κ1) is 30.0. The third-order valence-corrected chi connectivity index (χ3v) is 5.76. The normalized spacial score (nSPS) is 11.1. The lowest BCUT2D eigenvalue weighted by atomic mass is 10.2. The summed E-state index contributed by atoms with van der Waals surface area (Å²) in [4.78, 5) is 24.1. The van der Waals surface area contributed by atoms with Crippen LogP contribution in [0.5, 0.6) is 11.5 Å². The van der Waals surface area contributed by atoms with Crippen LogP contribution in [0, 0.1) is 0 Å². The maximum Gasteiger partial charge on any atom is 0.421 e. The number of anilines is 6. The van der Waals surface area contributed by atoms with Crippen molar-refractivity contribution in [1.82, 2.24) is 14.9 Å². The van der Waals surface area contributed by atoms with Crippen LogP contribution in [0.2, 0.25) is 0 Å². The molecule has 0 unspecified atom stereocenters. The lowest BCUT2D eigenvalue weighted by Gasteiger charge is -2.26. The Labute approximate surface area is 230 Å². The van der Waals surface area contributed by atoms with Gasteiger partial charge in [-0.1, -0.05) is 18.7 Å². The number of carbonyl (C=O) groups excluding carboxylic acids is 1. The van der Waals surface area contributed by atoms with Gasteiger partial charge in [0.15, 0.2) is 0 Å². The number of hydrogen-bond donors (Lipinski definition) is 3. The average molecular weight is 560 g/mol. The molecule has 0 aliphatic heterocycles. The Balaban J connectivity index is 2.05. The van der Waals surface area contributed by atoms with Crippen molar-refractivity contribution in [3.63, 3.8) is 0 Å². The summed E-state index contributed by atoms with van der Waals surface area (Å²) in [5.41, 5.74) is 0.625. The summed E-state index contributed by atoms with van der Waals surface area (Å²) in [7, 11) is 8.62. The van der Waals surface area contributed by atoms with Gasteiger partial charge in [-0.3, -0.25) is 4.79 Å². The lowest BCUT2D eigenvalue weighted by Crippen LogP contribution is -2.29. The van der Waals surface area contributed by atoms with Crippen molar-refractivity contribution in [2.24, 2.45) is 0 Å². The van der Waals surface area contributed by atoms with Crippen molar-refractivity contribution in [1.29, 1.82) is 0 Å². The number of methoxy groups -OCH3 is 2. The van der Waals surface area contributed by atoms with E-state index < -0.39 is 23.5 Å². The Morgan fingerprint density at radius 1 is 1.00 bits per heavy atom. The van der Waals surface area contributed by atoms with Gasteiger partial charge in [-0.25, -0.2) is 4.98 Å². The minimum atomic E-state index is -4.72. The highest BCUT2D eigenvalue weighted by Gasteiger charge is 2.35. The van der Waals surface area contributed by atoms with Crippen molar-refractivity contribution in [2.45, 2.75) is 6.18 Å². The summed E-state index contributed by atoms with van der Waals surface area (Å²) in [5, 5.41) is 8.38. The van der Waals surface area contributed by atoms with E-state index in [0.717, 1.165) is 12.6 Å². The quantitative estimate of drug-likeness (QED) is 0.261. The van der Waals surface area contributed by atoms with E-state index >= 15 is 0 Å². The molecule has 214 valence electrons. The van der Waals surface area contributed by atoms with Gasteiger partial charge in [-0.05, 0) is 38.4 Å². The Kier molecular flexibility index (Phi) is 9.78. The van der Waals surface area contributed by atoms with Crippen molar-refractivity contribution >= 4 is 40.4 Å². The number of carbonyl (C=O) groups is 1. The predicted octanol–water partition coefficient (Wildman–Crippen LogP) is 5.12. The number of para-hydroxylation sites is 2. The maximum absolute atomic E-state index is 13.8. The molecule has 0 bridgehead atoms. The first-order valence-electron chi connectivity index (χ1n) is 12.1. The fourth-order valence-corrected chi connectivity index (χ4v) is 3.65. The SMILES string of the molecule is C=CC(=O)Nc1cc(Nc2ncc(C(F)(F)F)c(Nc3ccccc3OC)n2)c(OC)cc1N(C)CCN(C)C. The van der Waals surface area contributed by atoms with Crippen LogP contribution in [-0.4, -0.2) is 69.2 Å². The number of amides is 1. The van der Waals surface area contributed by atoms with Gasteiger partial charge in [0.2, 0.25) is 11.9 Å². The van der Waals surface area contributed by atoms with Crippen LogP contribution in [0.4, 0.5) is 47.7 Å².